The number of ketones is 1. The number of amides is 1. The van der Waals surface area contributed by atoms with Crippen LogP contribution in [0.4, 0.5) is 4.79 Å². The maximum Gasteiger partial charge on any atom is 0.410 e. The number of carbonyl (C=O) groups excluding carboxylic acids is 2. The molecule has 1 fully saturated rings. The molecule has 1 rings (SSSR count). The van der Waals surface area contributed by atoms with Crippen molar-refractivity contribution in [2.24, 2.45) is 5.73 Å². The van der Waals surface area contributed by atoms with Crippen LogP contribution in [0.15, 0.2) is 0 Å². The first-order valence-corrected chi connectivity index (χ1v) is 5.57. The fourth-order valence-corrected chi connectivity index (χ4v) is 1.78. The Bertz CT molecular complexity index is 283. The van der Waals surface area contributed by atoms with Gasteiger partial charge in [-0.15, -0.1) is 0 Å². The lowest BCUT2D eigenvalue weighted by atomic mass is 10.1. The van der Waals surface area contributed by atoms with Gasteiger partial charge in [0.2, 0.25) is 0 Å². The summed E-state index contributed by atoms with van der Waals surface area (Å²) >= 11 is 0. The Morgan fingerprint density at radius 1 is 1.44 bits per heavy atom. The Balaban J connectivity index is 2.65. The van der Waals surface area contributed by atoms with Gasteiger partial charge in [-0.25, -0.2) is 4.79 Å². The van der Waals surface area contributed by atoms with Crippen molar-refractivity contribution >= 4 is 11.9 Å². The molecule has 5 nitrogen and oxygen atoms in total. The van der Waals surface area contributed by atoms with Crippen molar-refractivity contribution in [3.8, 4) is 0 Å². The molecule has 92 valence electrons. The highest BCUT2D eigenvalue weighted by molar-refractivity contribution is 5.89. The van der Waals surface area contributed by atoms with Crippen LogP contribution in [0, 0.1) is 0 Å². The Labute approximate surface area is 95.9 Å². The molecule has 1 aliphatic rings. The summed E-state index contributed by atoms with van der Waals surface area (Å²) < 4.78 is 5.24. The number of ether oxygens (including phenoxy) is 1. The minimum absolute atomic E-state index is 0.0238. The van der Waals surface area contributed by atoms with Gasteiger partial charge in [0.1, 0.15) is 5.60 Å². The average molecular weight is 228 g/mol. The van der Waals surface area contributed by atoms with Gasteiger partial charge in [-0.05, 0) is 33.6 Å². The van der Waals surface area contributed by atoms with Gasteiger partial charge >= 0.3 is 6.09 Å². The maximum absolute atomic E-state index is 11.8. The molecule has 5 heteroatoms. The van der Waals surface area contributed by atoms with Crippen LogP contribution in [-0.4, -0.2) is 41.5 Å². The van der Waals surface area contributed by atoms with E-state index in [9.17, 15) is 9.59 Å². The molecule has 0 saturated carbocycles. The van der Waals surface area contributed by atoms with E-state index in [0.29, 0.717) is 13.0 Å². The highest BCUT2D eigenvalue weighted by Gasteiger charge is 2.35. The fourth-order valence-electron chi connectivity index (χ4n) is 1.78. The predicted molar refractivity (Wildman–Crippen MR) is 60.0 cm³/mol. The van der Waals surface area contributed by atoms with Gasteiger partial charge in [0, 0.05) is 6.54 Å². The van der Waals surface area contributed by atoms with Crippen LogP contribution in [0.5, 0.6) is 0 Å². The fraction of sp³-hybridized carbons (Fsp3) is 0.818. The van der Waals surface area contributed by atoms with Crippen molar-refractivity contribution in [2.75, 3.05) is 13.1 Å². The lowest BCUT2D eigenvalue weighted by molar-refractivity contribution is -0.122. The number of likely N-dealkylation sites (tertiary alicyclic amines) is 1. The topological polar surface area (TPSA) is 72.6 Å². The van der Waals surface area contributed by atoms with Crippen molar-refractivity contribution in [1.29, 1.82) is 0 Å². The van der Waals surface area contributed by atoms with Gasteiger partial charge in [-0.3, -0.25) is 9.69 Å². The first kappa shape index (κ1) is 13.0. The largest absolute Gasteiger partial charge is 0.444 e. The lowest BCUT2D eigenvalue weighted by Gasteiger charge is -2.27. The van der Waals surface area contributed by atoms with Crippen molar-refractivity contribution in [3.05, 3.63) is 0 Å². The molecule has 0 aromatic heterocycles. The number of hydrogen-bond acceptors (Lipinski definition) is 4. The Morgan fingerprint density at radius 2 is 2.06 bits per heavy atom. The number of Topliss-reactive ketones (excluding diaryl/α,β-unsaturated/α-hetero) is 1. The van der Waals surface area contributed by atoms with Gasteiger partial charge in [0.15, 0.2) is 5.78 Å². The second-order valence-electron chi connectivity index (χ2n) is 5.00. The van der Waals surface area contributed by atoms with E-state index in [0.717, 1.165) is 6.42 Å². The van der Waals surface area contributed by atoms with Gasteiger partial charge < -0.3 is 10.5 Å². The van der Waals surface area contributed by atoms with E-state index < -0.39 is 11.7 Å². The Hall–Kier alpha value is -1.10. The third-order valence-corrected chi connectivity index (χ3v) is 2.45. The van der Waals surface area contributed by atoms with E-state index in [1.807, 2.05) is 0 Å². The standard InChI is InChI=1S/C11H20N2O3/c1-11(2,3)16-10(15)13-6-4-5-8(13)9(14)7-12/h8H,4-7,12H2,1-3H3/t8-/m0/s1. The van der Waals surface area contributed by atoms with Crippen LogP contribution >= 0.6 is 0 Å². The summed E-state index contributed by atoms with van der Waals surface area (Å²) in [5.74, 6) is -0.0941. The summed E-state index contributed by atoms with van der Waals surface area (Å²) in [7, 11) is 0. The predicted octanol–water partition coefficient (Wildman–Crippen LogP) is 0.914. The van der Waals surface area contributed by atoms with E-state index in [-0.39, 0.29) is 18.4 Å². The molecule has 0 radical (unpaired) electrons. The number of hydrogen-bond donors (Lipinski definition) is 1. The van der Waals surface area contributed by atoms with Crippen LogP contribution in [0.1, 0.15) is 33.6 Å². The summed E-state index contributed by atoms with van der Waals surface area (Å²) in [6.45, 7) is 5.97. The minimum Gasteiger partial charge on any atom is -0.444 e. The molecule has 0 aromatic carbocycles. The van der Waals surface area contributed by atoms with Crippen molar-refractivity contribution in [1.82, 2.24) is 4.90 Å². The van der Waals surface area contributed by atoms with Crippen molar-refractivity contribution < 1.29 is 14.3 Å². The van der Waals surface area contributed by atoms with Crippen molar-refractivity contribution in [2.45, 2.75) is 45.3 Å². The Morgan fingerprint density at radius 3 is 2.56 bits per heavy atom. The van der Waals surface area contributed by atoms with E-state index in [1.165, 1.54) is 4.90 Å². The molecule has 0 aliphatic carbocycles. The van der Waals surface area contributed by atoms with E-state index >= 15 is 0 Å². The third kappa shape index (κ3) is 3.20. The second kappa shape index (κ2) is 4.82. The monoisotopic (exact) mass is 228 g/mol. The van der Waals surface area contributed by atoms with Gasteiger partial charge in [-0.2, -0.15) is 0 Å². The van der Waals surface area contributed by atoms with Crippen LogP contribution < -0.4 is 5.73 Å². The van der Waals surface area contributed by atoms with Crippen LogP contribution in [0.2, 0.25) is 0 Å². The van der Waals surface area contributed by atoms with E-state index in [2.05, 4.69) is 0 Å². The summed E-state index contributed by atoms with van der Waals surface area (Å²) in [5.41, 5.74) is 4.78. The van der Waals surface area contributed by atoms with Gasteiger partial charge in [-0.1, -0.05) is 0 Å². The second-order valence-corrected chi connectivity index (χ2v) is 5.00. The molecule has 1 atom stereocenters. The summed E-state index contributed by atoms with van der Waals surface area (Å²) in [4.78, 5) is 24.8. The molecule has 16 heavy (non-hydrogen) atoms. The summed E-state index contributed by atoms with van der Waals surface area (Å²) in [6, 6.07) is -0.389. The third-order valence-electron chi connectivity index (χ3n) is 2.45. The zero-order valence-electron chi connectivity index (χ0n) is 10.2. The molecule has 0 spiro atoms. The first-order chi connectivity index (χ1) is 7.35. The summed E-state index contributed by atoms with van der Waals surface area (Å²) in [6.07, 6.45) is 1.10. The van der Waals surface area contributed by atoms with E-state index in [1.54, 1.807) is 20.8 Å². The number of nitrogens with two attached hydrogens (primary N) is 1. The van der Waals surface area contributed by atoms with Crippen LogP contribution in [0.25, 0.3) is 0 Å². The van der Waals surface area contributed by atoms with E-state index in [4.69, 9.17) is 10.5 Å². The first-order valence-electron chi connectivity index (χ1n) is 5.57. The smallest absolute Gasteiger partial charge is 0.410 e. The molecule has 1 heterocycles. The molecule has 0 bridgehead atoms. The molecule has 0 unspecified atom stereocenters. The van der Waals surface area contributed by atoms with Crippen LogP contribution in [0.3, 0.4) is 0 Å². The quantitative estimate of drug-likeness (QED) is 0.762. The highest BCUT2D eigenvalue weighted by Crippen LogP contribution is 2.21. The van der Waals surface area contributed by atoms with Gasteiger partial charge in [0.25, 0.3) is 0 Å². The maximum atomic E-state index is 11.8. The molecule has 1 amide bonds. The molecule has 2 N–H and O–H groups in total. The molecular weight excluding hydrogens is 208 g/mol. The number of nitrogens with zero attached hydrogens (tertiary/aromatic N) is 1. The molecule has 1 aliphatic heterocycles. The molecule has 0 aromatic rings. The van der Waals surface area contributed by atoms with Crippen LogP contribution in [-0.2, 0) is 9.53 Å². The summed E-state index contributed by atoms with van der Waals surface area (Å²) in [5, 5.41) is 0. The Kier molecular flexibility index (Phi) is 3.91. The molecule has 1 saturated heterocycles. The SMILES string of the molecule is CC(C)(C)OC(=O)N1CCC[C@H]1C(=O)CN. The lowest BCUT2D eigenvalue weighted by Crippen LogP contribution is -2.45. The zero-order valence-corrected chi connectivity index (χ0v) is 10.2. The molecular formula is C11H20N2O3. The number of carbonyl (C=O) groups is 2. The minimum atomic E-state index is -0.532. The average Bonchev–Trinajstić information content (AvgIpc) is 2.62. The van der Waals surface area contributed by atoms with Crippen molar-refractivity contribution in [3.63, 3.8) is 0 Å². The number of rotatable bonds is 2. The van der Waals surface area contributed by atoms with Gasteiger partial charge in [0.05, 0.1) is 12.6 Å². The normalized spacial score (nSPS) is 21.0. The highest BCUT2D eigenvalue weighted by atomic mass is 16.6. The zero-order chi connectivity index (χ0) is 12.3.